The molecular formula is C21H36N4O5. The third kappa shape index (κ3) is 8.27. The van der Waals surface area contributed by atoms with E-state index in [1.54, 1.807) is 39.6 Å². The monoisotopic (exact) mass is 424 g/mol. The van der Waals surface area contributed by atoms with Crippen molar-refractivity contribution in [3.8, 4) is 0 Å². The van der Waals surface area contributed by atoms with Crippen molar-refractivity contribution < 1.29 is 24.3 Å². The molecule has 1 unspecified atom stereocenters. The summed E-state index contributed by atoms with van der Waals surface area (Å²) in [5.74, 6) is -0.380. The molecule has 1 rings (SSSR count). The molecule has 0 heterocycles. The number of alkyl carbamates (subject to hydrolysis) is 1. The third-order valence-electron chi connectivity index (χ3n) is 4.54. The summed E-state index contributed by atoms with van der Waals surface area (Å²) in [6, 6.07) is 8.70. The number of hydrogen-bond donors (Lipinski definition) is 4. The second-order valence-electron chi connectivity index (χ2n) is 8.41. The Hall–Kier alpha value is -2.20. The summed E-state index contributed by atoms with van der Waals surface area (Å²) >= 11 is 0. The molecule has 0 bridgehead atoms. The standard InChI is InChI=1S/C21H36N4O5/c1-15(26)17(18(27)22-6)25(7)21(5,24-19(28)30-20(2,3)4)14-23-29-13-16-11-9-8-10-12-16/h8-12,15,17,23,26H,13-14H2,1-7H3,(H,22,27)(H,24,28)/t15-,17+,21?/m1/s1. The number of likely N-dealkylation sites (N-methyl/N-ethyl adjacent to an activating group) is 2. The number of rotatable bonds is 10. The summed E-state index contributed by atoms with van der Waals surface area (Å²) in [5, 5.41) is 15.5. The van der Waals surface area contributed by atoms with Crippen molar-refractivity contribution in [1.29, 1.82) is 0 Å². The first-order chi connectivity index (χ1) is 13.9. The van der Waals surface area contributed by atoms with Gasteiger partial charge < -0.3 is 20.5 Å². The lowest BCUT2D eigenvalue weighted by atomic mass is 10.0. The number of nitrogens with zero attached hydrogens (tertiary/aromatic N) is 1. The Balaban J connectivity index is 2.95. The number of aliphatic hydroxyl groups is 1. The van der Waals surface area contributed by atoms with Gasteiger partial charge in [0.15, 0.2) is 0 Å². The number of carbonyl (C=O) groups is 2. The van der Waals surface area contributed by atoms with Gasteiger partial charge in [-0.15, -0.1) is 0 Å². The fourth-order valence-electron chi connectivity index (χ4n) is 2.85. The van der Waals surface area contributed by atoms with Crippen LogP contribution in [0.4, 0.5) is 4.79 Å². The van der Waals surface area contributed by atoms with E-state index in [-0.39, 0.29) is 12.5 Å². The Labute approximate surface area is 179 Å². The average Bonchev–Trinajstić information content (AvgIpc) is 2.64. The average molecular weight is 425 g/mol. The minimum Gasteiger partial charge on any atom is -0.444 e. The molecular weight excluding hydrogens is 388 g/mol. The molecule has 0 fully saturated rings. The van der Waals surface area contributed by atoms with Gasteiger partial charge in [-0.2, -0.15) is 5.48 Å². The molecule has 0 radical (unpaired) electrons. The molecule has 30 heavy (non-hydrogen) atoms. The van der Waals surface area contributed by atoms with Gasteiger partial charge >= 0.3 is 6.09 Å². The highest BCUT2D eigenvalue weighted by atomic mass is 16.6. The van der Waals surface area contributed by atoms with E-state index in [1.165, 1.54) is 14.0 Å². The molecule has 0 aliphatic carbocycles. The SMILES string of the molecule is CNC(=O)[C@H]([C@@H](C)O)N(C)C(C)(CNOCc1ccccc1)NC(=O)OC(C)(C)C. The van der Waals surface area contributed by atoms with Gasteiger partial charge in [0, 0.05) is 7.05 Å². The van der Waals surface area contributed by atoms with Gasteiger partial charge in [0.05, 0.1) is 19.3 Å². The van der Waals surface area contributed by atoms with Crippen molar-refractivity contribution in [3.63, 3.8) is 0 Å². The molecule has 1 aromatic carbocycles. The lowest BCUT2D eigenvalue weighted by Crippen LogP contribution is -2.68. The van der Waals surface area contributed by atoms with Crippen LogP contribution < -0.4 is 16.1 Å². The van der Waals surface area contributed by atoms with E-state index in [0.717, 1.165) is 5.56 Å². The second kappa shape index (κ2) is 11.3. The predicted molar refractivity (Wildman–Crippen MR) is 114 cm³/mol. The molecule has 0 aromatic heterocycles. The van der Waals surface area contributed by atoms with Crippen LogP contribution in [0.3, 0.4) is 0 Å². The number of hydrogen-bond acceptors (Lipinski definition) is 7. The molecule has 0 aliphatic rings. The van der Waals surface area contributed by atoms with Crippen molar-refractivity contribution in [1.82, 2.24) is 21.0 Å². The molecule has 0 aliphatic heterocycles. The van der Waals surface area contributed by atoms with Gasteiger partial charge in [0.2, 0.25) is 5.91 Å². The van der Waals surface area contributed by atoms with Crippen LogP contribution >= 0.6 is 0 Å². The Morgan fingerprint density at radius 2 is 1.77 bits per heavy atom. The molecule has 0 spiro atoms. The number of hydroxylamine groups is 1. The van der Waals surface area contributed by atoms with E-state index >= 15 is 0 Å². The zero-order valence-corrected chi connectivity index (χ0v) is 19.0. The van der Waals surface area contributed by atoms with Crippen LogP contribution in [0, 0.1) is 0 Å². The molecule has 170 valence electrons. The number of aliphatic hydroxyl groups excluding tert-OH is 1. The fraction of sp³-hybridized carbons (Fsp3) is 0.619. The normalized spacial score (nSPS) is 15.8. The predicted octanol–water partition coefficient (Wildman–Crippen LogP) is 1.38. The first-order valence-corrected chi connectivity index (χ1v) is 9.92. The van der Waals surface area contributed by atoms with Crippen LogP contribution in [0.25, 0.3) is 0 Å². The highest BCUT2D eigenvalue weighted by Crippen LogP contribution is 2.17. The van der Waals surface area contributed by atoms with Gasteiger partial charge in [-0.3, -0.25) is 14.5 Å². The maximum absolute atomic E-state index is 12.5. The Morgan fingerprint density at radius 3 is 2.27 bits per heavy atom. The second-order valence-corrected chi connectivity index (χ2v) is 8.41. The number of nitrogens with one attached hydrogen (secondary N) is 3. The van der Waals surface area contributed by atoms with E-state index in [4.69, 9.17) is 9.57 Å². The van der Waals surface area contributed by atoms with Crippen molar-refractivity contribution in [3.05, 3.63) is 35.9 Å². The summed E-state index contributed by atoms with van der Waals surface area (Å²) in [5.41, 5.74) is 2.02. The smallest absolute Gasteiger partial charge is 0.409 e. The molecule has 9 heteroatoms. The largest absolute Gasteiger partial charge is 0.444 e. The zero-order chi connectivity index (χ0) is 22.9. The van der Waals surface area contributed by atoms with E-state index in [9.17, 15) is 14.7 Å². The number of benzene rings is 1. The third-order valence-corrected chi connectivity index (χ3v) is 4.54. The van der Waals surface area contributed by atoms with Crippen molar-refractivity contribution >= 4 is 12.0 Å². The quantitative estimate of drug-likeness (QED) is 0.255. The van der Waals surface area contributed by atoms with E-state index in [2.05, 4.69) is 16.1 Å². The van der Waals surface area contributed by atoms with Crippen LogP contribution in [0.1, 0.15) is 40.2 Å². The van der Waals surface area contributed by atoms with Gasteiger partial charge in [-0.1, -0.05) is 30.3 Å². The number of carbonyl (C=O) groups excluding carboxylic acids is 2. The highest BCUT2D eigenvalue weighted by molar-refractivity contribution is 5.82. The Bertz CT molecular complexity index is 678. The van der Waals surface area contributed by atoms with Crippen LogP contribution in [-0.4, -0.2) is 66.1 Å². The molecule has 9 nitrogen and oxygen atoms in total. The summed E-state index contributed by atoms with van der Waals surface area (Å²) in [6.07, 6.45) is -1.64. The highest BCUT2D eigenvalue weighted by Gasteiger charge is 2.41. The minimum absolute atomic E-state index is 0.121. The van der Waals surface area contributed by atoms with Gasteiger partial charge in [0.25, 0.3) is 0 Å². The van der Waals surface area contributed by atoms with Crippen molar-refractivity contribution in [2.75, 3.05) is 20.6 Å². The molecule has 2 amide bonds. The summed E-state index contributed by atoms with van der Waals surface area (Å²) in [7, 11) is 3.13. The minimum atomic E-state index is -1.12. The van der Waals surface area contributed by atoms with Crippen LogP contribution in [-0.2, 0) is 21.0 Å². The lowest BCUT2D eigenvalue weighted by molar-refractivity contribution is -0.134. The number of amides is 2. The summed E-state index contributed by atoms with van der Waals surface area (Å²) in [4.78, 5) is 32.0. The topological polar surface area (TPSA) is 112 Å². The lowest BCUT2D eigenvalue weighted by Gasteiger charge is -2.44. The van der Waals surface area contributed by atoms with Crippen molar-refractivity contribution in [2.24, 2.45) is 0 Å². The van der Waals surface area contributed by atoms with Gasteiger partial charge in [-0.05, 0) is 47.2 Å². The number of ether oxygens (including phenoxy) is 1. The zero-order valence-electron chi connectivity index (χ0n) is 19.0. The Morgan fingerprint density at radius 1 is 1.17 bits per heavy atom. The molecule has 4 N–H and O–H groups in total. The molecule has 0 saturated heterocycles. The van der Waals surface area contributed by atoms with E-state index in [0.29, 0.717) is 6.61 Å². The first kappa shape index (κ1) is 25.8. The van der Waals surface area contributed by atoms with Crippen LogP contribution in [0.5, 0.6) is 0 Å². The summed E-state index contributed by atoms with van der Waals surface area (Å²) in [6.45, 7) is 8.96. The molecule has 1 aromatic rings. The van der Waals surface area contributed by atoms with Crippen LogP contribution in [0.2, 0.25) is 0 Å². The maximum Gasteiger partial charge on any atom is 0.409 e. The fourth-order valence-corrected chi connectivity index (χ4v) is 2.85. The van der Waals surface area contributed by atoms with E-state index in [1.807, 2.05) is 30.3 Å². The first-order valence-electron chi connectivity index (χ1n) is 9.92. The van der Waals surface area contributed by atoms with Gasteiger partial charge in [-0.25, -0.2) is 4.79 Å². The molecule has 0 saturated carbocycles. The van der Waals surface area contributed by atoms with Crippen LogP contribution in [0.15, 0.2) is 30.3 Å². The summed E-state index contributed by atoms with van der Waals surface area (Å²) < 4.78 is 5.38. The van der Waals surface area contributed by atoms with E-state index < -0.39 is 29.5 Å². The van der Waals surface area contributed by atoms with Crippen molar-refractivity contribution in [2.45, 2.75) is 64.6 Å². The molecule has 3 atom stereocenters. The van der Waals surface area contributed by atoms with Gasteiger partial charge in [0.1, 0.15) is 17.3 Å². The Kier molecular flexibility index (Phi) is 9.70. The maximum atomic E-state index is 12.5.